The number of ether oxygens (including phenoxy) is 1. The molecule has 0 unspecified atom stereocenters. The summed E-state index contributed by atoms with van der Waals surface area (Å²) >= 11 is 2.99. The fourth-order valence-corrected chi connectivity index (χ4v) is 4.72. The zero-order valence-corrected chi connectivity index (χ0v) is 16.5. The monoisotopic (exact) mass is 395 g/mol. The average molecular weight is 396 g/mol. The van der Waals surface area contributed by atoms with Crippen LogP contribution >= 0.6 is 23.1 Å². The Kier molecular flexibility index (Phi) is 4.96. The highest BCUT2D eigenvalue weighted by Gasteiger charge is 2.35. The van der Waals surface area contributed by atoms with Crippen LogP contribution in [0.25, 0.3) is 11.3 Å². The summed E-state index contributed by atoms with van der Waals surface area (Å²) in [6.45, 7) is 1.89. The Hall–Kier alpha value is -2.64. The normalized spacial score (nSPS) is 16.5. The van der Waals surface area contributed by atoms with Crippen LogP contribution in [0.5, 0.6) is 5.75 Å². The summed E-state index contributed by atoms with van der Waals surface area (Å²) in [6, 6.07) is 17.3. The van der Waals surface area contributed by atoms with E-state index in [2.05, 4.69) is 10.1 Å². The SMILES string of the molecule is COc1ccc(-c2csc(S[C@@H]3C(=O)N(c4ccccc4)N=C3C)n2)cc1. The molecule has 2 aromatic carbocycles. The lowest BCUT2D eigenvalue weighted by Gasteiger charge is -2.13. The van der Waals surface area contributed by atoms with Crippen LogP contribution in [-0.2, 0) is 4.79 Å². The zero-order chi connectivity index (χ0) is 18.8. The van der Waals surface area contributed by atoms with Crippen molar-refractivity contribution in [1.29, 1.82) is 0 Å². The summed E-state index contributed by atoms with van der Waals surface area (Å²) in [4.78, 5) is 17.5. The van der Waals surface area contributed by atoms with Crippen molar-refractivity contribution in [3.05, 3.63) is 60.0 Å². The van der Waals surface area contributed by atoms with Gasteiger partial charge in [0.2, 0.25) is 0 Å². The Balaban J connectivity index is 1.50. The number of anilines is 1. The summed E-state index contributed by atoms with van der Waals surface area (Å²) in [5.74, 6) is 0.776. The second-order valence-corrected chi connectivity index (χ2v) is 8.16. The molecule has 0 spiro atoms. The quantitative estimate of drug-likeness (QED) is 0.628. The Morgan fingerprint density at radius 1 is 1.11 bits per heavy atom. The fraction of sp³-hybridized carbons (Fsp3) is 0.150. The van der Waals surface area contributed by atoms with Crippen molar-refractivity contribution in [1.82, 2.24) is 4.98 Å². The van der Waals surface area contributed by atoms with E-state index in [4.69, 9.17) is 4.74 Å². The molecule has 0 bridgehead atoms. The van der Waals surface area contributed by atoms with Gasteiger partial charge in [0.25, 0.3) is 5.91 Å². The van der Waals surface area contributed by atoms with E-state index in [0.717, 1.165) is 32.7 Å². The predicted octanol–water partition coefficient (Wildman–Crippen LogP) is 4.70. The third-order valence-corrected chi connectivity index (χ3v) is 6.44. The highest BCUT2D eigenvalue weighted by molar-refractivity contribution is 8.03. The molecule has 1 aromatic heterocycles. The largest absolute Gasteiger partial charge is 0.497 e. The van der Waals surface area contributed by atoms with Gasteiger partial charge in [-0.25, -0.2) is 4.98 Å². The van der Waals surface area contributed by atoms with Crippen molar-refractivity contribution >= 4 is 40.4 Å². The number of hydrazone groups is 1. The van der Waals surface area contributed by atoms with Crippen molar-refractivity contribution in [2.45, 2.75) is 16.5 Å². The van der Waals surface area contributed by atoms with Crippen molar-refractivity contribution in [3.8, 4) is 17.0 Å². The standard InChI is InChI=1S/C20H17N3O2S2/c1-13-18(19(24)23(22-13)15-6-4-3-5-7-15)27-20-21-17(12-26-20)14-8-10-16(25-2)11-9-14/h3-12,18H,1-2H3/t18-/m0/s1. The number of thioether (sulfide) groups is 1. The van der Waals surface area contributed by atoms with Crippen LogP contribution in [0.15, 0.2) is 69.4 Å². The lowest BCUT2D eigenvalue weighted by atomic mass is 10.2. The molecule has 3 aromatic rings. The van der Waals surface area contributed by atoms with Crippen LogP contribution in [0, 0.1) is 0 Å². The highest BCUT2D eigenvalue weighted by atomic mass is 32.2. The van der Waals surface area contributed by atoms with Gasteiger partial charge in [0, 0.05) is 10.9 Å². The Labute approximate surface area is 165 Å². The van der Waals surface area contributed by atoms with Gasteiger partial charge in [0.15, 0.2) is 4.34 Å². The van der Waals surface area contributed by atoms with E-state index >= 15 is 0 Å². The number of amides is 1. The molecule has 1 aliphatic heterocycles. The third kappa shape index (κ3) is 3.61. The van der Waals surface area contributed by atoms with Gasteiger partial charge >= 0.3 is 0 Å². The van der Waals surface area contributed by atoms with Crippen molar-refractivity contribution in [2.75, 3.05) is 12.1 Å². The maximum absolute atomic E-state index is 12.8. The van der Waals surface area contributed by atoms with Gasteiger partial charge in [-0.1, -0.05) is 30.0 Å². The number of carbonyl (C=O) groups excluding carboxylic acids is 1. The van der Waals surface area contributed by atoms with Gasteiger partial charge in [-0.05, 0) is 43.3 Å². The van der Waals surface area contributed by atoms with E-state index < -0.39 is 0 Å². The van der Waals surface area contributed by atoms with E-state index in [-0.39, 0.29) is 11.2 Å². The molecule has 7 heteroatoms. The van der Waals surface area contributed by atoms with Crippen molar-refractivity contribution in [3.63, 3.8) is 0 Å². The number of para-hydroxylation sites is 1. The molecule has 0 N–H and O–H groups in total. The molecule has 4 rings (SSSR count). The molecule has 136 valence electrons. The molecule has 27 heavy (non-hydrogen) atoms. The number of rotatable bonds is 5. The van der Waals surface area contributed by atoms with Crippen LogP contribution in [0.1, 0.15) is 6.92 Å². The Morgan fingerprint density at radius 3 is 2.56 bits per heavy atom. The first-order chi connectivity index (χ1) is 13.2. The van der Waals surface area contributed by atoms with Gasteiger partial charge in [0.05, 0.1) is 24.2 Å². The molecule has 0 aliphatic carbocycles. The minimum Gasteiger partial charge on any atom is -0.497 e. The molecule has 1 aliphatic rings. The lowest BCUT2D eigenvalue weighted by Crippen LogP contribution is -2.28. The molecule has 1 atom stereocenters. The lowest BCUT2D eigenvalue weighted by molar-refractivity contribution is -0.116. The third-order valence-electron chi connectivity index (χ3n) is 4.16. The number of hydrogen-bond donors (Lipinski definition) is 0. The Morgan fingerprint density at radius 2 is 1.85 bits per heavy atom. The van der Waals surface area contributed by atoms with Gasteiger partial charge in [-0.15, -0.1) is 11.3 Å². The predicted molar refractivity (Wildman–Crippen MR) is 111 cm³/mol. The molecule has 5 nitrogen and oxygen atoms in total. The smallest absolute Gasteiger partial charge is 0.266 e. The topological polar surface area (TPSA) is 54.8 Å². The summed E-state index contributed by atoms with van der Waals surface area (Å²) in [6.07, 6.45) is 0. The minimum absolute atomic E-state index is 0.0371. The van der Waals surface area contributed by atoms with E-state index in [1.54, 1.807) is 7.11 Å². The van der Waals surface area contributed by atoms with Crippen LogP contribution in [0.4, 0.5) is 5.69 Å². The number of methoxy groups -OCH3 is 1. The van der Waals surface area contributed by atoms with Crippen molar-refractivity contribution < 1.29 is 9.53 Å². The minimum atomic E-state index is -0.347. The first-order valence-electron chi connectivity index (χ1n) is 8.36. The van der Waals surface area contributed by atoms with Gasteiger partial charge in [-0.2, -0.15) is 10.1 Å². The zero-order valence-electron chi connectivity index (χ0n) is 14.8. The molecule has 1 amide bonds. The fourth-order valence-electron chi connectivity index (χ4n) is 2.75. The first kappa shape index (κ1) is 17.8. The first-order valence-corrected chi connectivity index (χ1v) is 10.1. The maximum atomic E-state index is 12.8. The van der Waals surface area contributed by atoms with Crippen LogP contribution in [0.3, 0.4) is 0 Å². The molecular formula is C20H17N3O2S2. The molecule has 0 radical (unpaired) electrons. The molecular weight excluding hydrogens is 378 g/mol. The van der Waals surface area contributed by atoms with Gasteiger partial charge < -0.3 is 4.74 Å². The number of aromatic nitrogens is 1. The van der Waals surface area contributed by atoms with Crippen LogP contribution in [-0.4, -0.2) is 29.0 Å². The van der Waals surface area contributed by atoms with E-state index in [1.165, 1.54) is 28.1 Å². The number of carbonyl (C=O) groups is 1. The molecule has 2 heterocycles. The average Bonchev–Trinajstić information content (AvgIpc) is 3.29. The summed E-state index contributed by atoms with van der Waals surface area (Å²) in [5, 5.41) is 7.58. The van der Waals surface area contributed by atoms with Crippen molar-refractivity contribution in [2.24, 2.45) is 5.10 Å². The van der Waals surface area contributed by atoms with Gasteiger partial charge in [0.1, 0.15) is 11.0 Å². The number of thiazole rings is 1. The number of nitrogens with zero attached hydrogens (tertiary/aromatic N) is 3. The molecule has 0 saturated heterocycles. The summed E-state index contributed by atoms with van der Waals surface area (Å²) in [5.41, 5.74) is 3.48. The molecule has 0 saturated carbocycles. The second kappa shape index (κ2) is 7.54. The Bertz CT molecular complexity index is 984. The van der Waals surface area contributed by atoms with E-state index in [1.807, 2.05) is 66.9 Å². The van der Waals surface area contributed by atoms with E-state index in [9.17, 15) is 4.79 Å². The van der Waals surface area contributed by atoms with Gasteiger partial charge in [-0.3, -0.25) is 4.79 Å². The number of benzene rings is 2. The van der Waals surface area contributed by atoms with Crippen LogP contribution in [0.2, 0.25) is 0 Å². The van der Waals surface area contributed by atoms with E-state index in [0.29, 0.717) is 0 Å². The summed E-state index contributed by atoms with van der Waals surface area (Å²) in [7, 11) is 1.65. The molecule has 0 fully saturated rings. The van der Waals surface area contributed by atoms with Crippen LogP contribution < -0.4 is 9.75 Å². The maximum Gasteiger partial charge on any atom is 0.266 e. The second-order valence-electron chi connectivity index (χ2n) is 5.95. The number of hydrogen-bond acceptors (Lipinski definition) is 6. The summed E-state index contributed by atoms with van der Waals surface area (Å²) < 4.78 is 6.04. The highest BCUT2D eigenvalue weighted by Crippen LogP contribution is 2.35.